The monoisotopic (exact) mass is 272 g/mol. The fourth-order valence-electron chi connectivity index (χ4n) is 1.99. The molecule has 0 atom stereocenters. The van der Waals surface area contributed by atoms with E-state index < -0.39 is 0 Å². The predicted molar refractivity (Wildman–Crippen MR) is 67.7 cm³/mol. The molecule has 0 spiro atoms. The van der Waals surface area contributed by atoms with Gasteiger partial charge in [-0.3, -0.25) is 10.1 Å². The summed E-state index contributed by atoms with van der Waals surface area (Å²) in [5.74, 6) is 0. The van der Waals surface area contributed by atoms with Crippen molar-refractivity contribution in [2.45, 2.75) is 24.9 Å². The topological polar surface area (TPSA) is 84.6 Å². The number of ether oxygens (including phenoxy) is 1. The quantitative estimate of drug-likeness (QED) is 0.623. The number of thiophene rings is 1. The van der Waals surface area contributed by atoms with Crippen LogP contribution in [0.2, 0.25) is 0 Å². The Labute approximate surface area is 109 Å². The van der Waals surface area contributed by atoms with Gasteiger partial charge in [-0.25, -0.2) is 0 Å². The van der Waals surface area contributed by atoms with E-state index >= 15 is 0 Å². The van der Waals surface area contributed by atoms with E-state index in [0.29, 0.717) is 19.8 Å². The van der Waals surface area contributed by atoms with Crippen LogP contribution in [0.4, 0.5) is 5.00 Å². The summed E-state index contributed by atoms with van der Waals surface area (Å²) in [7, 11) is 0. The Bertz CT molecular complexity index is 415. The summed E-state index contributed by atoms with van der Waals surface area (Å²) in [5, 5.41) is 23.5. The second-order valence-electron chi connectivity index (χ2n) is 4.40. The Morgan fingerprint density at radius 1 is 1.50 bits per heavy atom. The molecule has 1 fully saturated rings. The predicted octanol–water partition coefficient (Wildman–Crippen LogP) is 1.29. The van der Waals surface area contributed by atoms with Crippen LogP contribution in [0.3, 0.4) is 0 Å². The SMILES string of the molecule is O=[N+]([O-])c1ccc(CNC2(CO)CCOCC2)s1. The first-order chi connectivity index (χ1) is 8.65. The first-order valence-electron chi connectivity index (χ1n) is 5.82. The van der Waals surface area contributed by atoms with Crippen LogP contribution in [-0.4, -0.2) is 35.4 Å². The number of nitro groups is 1. The molecule has 0 amide bonds. The zero-order valence-corrected chi connectivity index (χ0v) is 10.7. The average Bonchev–Trinajstić information content (AvgIpc) is 2.87. The molecule has 0 saturated carbocycles. The van der Waals surface area contributed by atoms with Crippen molar-refractivity contribution in [2.75, 3.05) is 19.8 Å². The molecule has 1 aliphatic heterocycles. The minimum absolute atomic E-state index is 0.0594. The molecule has 1 saturated heterocycles. The van der Waals surface area contributed by atoms with Crippen molar-refractivity contribution in [1.82, 2.24) is 5.32 Å². The molecule has 100 valence electrons. The molecule has 1 aliphatic rings. The third-order valence-corrected chi connectivity index (χ3v) is 4.25. The summed E-state index contributed by atoms with van der Waals surface area (Å²) >= 11 is 1.16. The Balaban J connectivity index is 1.94. The first kappa shape index (κ1) is 13.4. The van der Waals surface area contributed by atoms with E-state index in [2.05, 4.69) is 5.32 Å². The molecule has 1 aromatic heterocycles. The van der Waals surface area contributed by atoms with Gasteiger partial charge in [-0.2, -0.15) is 0 Å². The molecule has 2 N–H and O–H groups in total. The summed E-state index contributed by atoms with van der Waals surface area (Å²) < 4.78 is 5.28. The Morgan fingerprint density at radius 3 is 2.78 bits per heavy atom. The summed E-state index contributed by atoms with van der Waals surface area (Å²) in [5.41, 5.74) is -0.309. The van der Waals surface area contributed by atoms with Gasteiger partial charge < -0.3 is 15.2 Å². The Hall–Kier alpha value is -1.02. The number of aliphatic hydroxyl groups excluding tert-OH is 1. The molecule has 1 aromatic rings. The lowest BCUT2D eigenvalue weighted by Gasteiger charge is -2.36. The highest BCUT2D eigenvalue weighted by molar-refractivity contribution is 7.15. The Morgan fingerprint density at radius 2 is 2.22 bits per heavy atom. The van der Waals surface area contributed by atoms with Gasteiger partial charge in [-0.1, -0.05) is 11.3 Å². The van der Waals surface area contributed by atoms with Gasteiger partial charge in [0.05, 0.1) is 11.5 Å². The molecule has 7 heteroatoms. The molecule has 6 nitrogen and oxygen atoms in total. The van der Waals surface area contributed by atoms with E-state index in [1.165, 1.54) is 6.07 Å². The maximum Gasteiger partial charge on any atom is 0.324 e. The van der Waals surface area contributed by atoms with E-state index in [4.69, 9.17) is 4.74 Å². The summed E-state index contributed by atoms with van der Waals surface area (Å²) in [6.45, 7) is 1.87. The van der Waals surface area contributed by atoms with Crippen LogP contribution < -0.4 is 5.32 Å². The summed E-state index contributed by atoms with van der Waals surface area (Å²) in [6, 6.07) is 3.26. The highest BCUT2D eigenvalue weighted by Gasteiger charge is 2.31. The smallest absolute Gasteiger partial charge is 0.324 e. The maximum absolute atomic E-state index is 10.6. The first-order valence-corrected chi connectivity index (χ1v) is 6.64. The zero-order valence-electron chi connectivity index (χ0n) is 9.92. The van der Waals surface area contributed by atoms with Crippen molar-refractivity contribution >= 4 is 16.3 Å². The van der Waals surface area contributed by atoms with Crippen LogP contribution in [-0.2, 0) is 11.3 Å². The van der Waals surface area contributed by atoms with Crippen LogP contribution in [0.1, 0.15) is 17.7 Å². The van der Waals surface area contributed by atoms with Gasteiger partial charge in [-0.15, -0.1) is 0 Å². The lowest BCUT2D eigenvalue weighted by Crippen LogP contribution is -2.51. The molecule has 0 radical (unpaired) electrons. The van der Waals surface area contributed by atoms with Crippen molar-refractivity contribution in [3.8, 4) is 0 Å². The van der Waals surface area contributed by atoms with Crippen molar-refractivity contribution in [1.29, 1.82) is 0 Å². The molecule has 0 unspecified atom stereocenters. The third kappa shape index (κ3) is 3.05. The summed E-state index contributed by atoms with van der Waals surface area (Å²) in [6.07, 6.45) is 1.52. The number of nitrogens with one attached hydrogen (secondary N) is 1. The van der Waals surface area contributed by atoms with Crippen LogP contribution in [0, 0.1) is 10.1 Å². The van der Waals surface area contributed by atoms with Crippen molar-refractivity contribution in [2.24, 2.45) is 0 Å². The largest absolute Gasteiger partial charge is 0.394 e. The lowest BCUT2D eigenvalue weighted by atomic mass is 9.91. The maximum atomic E-state index is 10.6. The number of hydrogen-bond acceptors (Lipinski definition) is 6. The molecular weight excluding hydrogens is 256 g/mol. The second-order valence-corrected chi connectivity index (χ2v) is 5.55. The van der Waals surface area contributed by atoms with Crippen LogP contribution in [0.5, 0.6) is 0 Å². The van der Waals surface area contributed by atoms with Crippen molar-refractivity contribution in [3.63, 3.8) is 0 Å². The minimum Gasteiger partial charge on any atom is -0.394 e. The molecule has 2 heterocycles. The van der Waals surface area contributed by atoms with Gasteiger partial charge in [0, 0.05) is 36.2 Å². The van der Waals surface area contributed by atoms with Gasteiger partial charge in [0.2, 0.25) is 0 Å². The van der Waals surface area contributed by atoms with E-state index in [1.54, 1.807) is 6.07 Å². The second kappa shape index (κ2) is 5.75. The van der Waals surface area contributed by atoms with Crippen LogP contribution in [0.25, 0.3) is 0 Å². The average molecular weight is 272 g/mol. The minimum atomic E-state index is -0.384. The molecule has 0 aromatic carbocycles. The van der Waals surface area contributed by atoms with Gasteiger partial charge in [0.15, 0.2) is 0 Å². The van der Waals surface area contributed by atoms with Gasteiger partial charge >= 0.3 is 5.00 Å². The molecule has 18 heavy (non-hydrogen) atoms. The lowest BCUT2D eigenvalue weighted by molar-refractivity contribution is -0.380. The van der Waals surface area contributed by atoms with Crippen LogP contribution >= 0.6 is 11.3 Å². The standard InChI is InChI=1S/C11H16N2O4S/c14-8-11(3-5-17-6-4-11)12-7-9-1-2-10(18-9)13(15)16/h1-2,12,14H,3-8H2. The molecule has 2 rings (SSSR count). The molecular formula is C11H16N2O4S. The van der Waals surface area contributed by atoms with Crippen molar-refractivity contribution in [3.05, 3.63) is 27.1 Å². The van der Waals surface area contributed by atoms with Gasteiger partial charge in [-0.05, 0) is 18.9 Å². The fourth-order valence-corrected chi connectivity index (χ4v) is 2.75. The van der Waals surface area contributed by atoms with Crippen molar-refractivity contribution < 1.29 is 14.8 Å². The normalized spacial score (nSPS) is 18.7. The number of hydrogen-bond donors (Lipinski definition) is 2. The van der Waals surface area contributed by atoms with E-state index in [9.17, 15) is 15.2 Å². The summed E-state index contributed by atoms with van der Waals surface area (Å²) in [4.78, 5) is 11.1. The van der Waals surface area contributed by atoms with Gasteiger partial charge in [0.25, 0.3) is 0 Å². The van der Waals surface area contributed by atoms with E-state index in [1.807, 2.05) is 0 Å². The fraction of sp³-hybridized carbons (Fsp3) is 0.636. The zero-order chi connectivity index (χ0) is 13.0. The van der Waals surface area contributed by atoms with E-state index in [0.717, 1.165) is 29.1 Å². The van der Waals surface area contributed by atoms with Crippen LogP contribution in [0.15, 0.2) is 12.1 Å². The number of nitrogens with zero attached hydrogens (tertiary/aromatic N) is 1. The number of aliphatic hydroxyl groups is 1. The Kier molecular flexibility index (Phi) is 4.28. The van der Waals surface area contributed by atoms with E-state index in [-0.39, 0.29) is 22.1 Å². The third-order valence-electron chi connectivity index (χ3n) is 3.22. The number of rotatable bonds is 5. The van der Waals surface area contributed by atoms with Gasteiger partial charge in [0.1, 0.15) is 0 Å². The highest BCUT2D eigenvalue weighted by atomic mass is 32.1. The molecule has 0 aliphatic carbocycles. The highest BCUT2D eigenvalue weighted by Crippen LogP contribution is 2.26. The molecule has 0 bridgehead atoms.